The number of fused-ring (bicyclic) bond motifs is 1. The lowest BCUT2D eigenvalue weighted by Gasteiger charge is -2.50. The van der Waals surface area contributed by atoms with E-state index in [0.29, 0.717) is 5.92 Å². The topological polar surface area (TPSA) is 59.6 Å². The summed E-state index contributed by atoms with van der Waals surface area (Å²) in [6.45, 7) is 3.85. The van der Waals surface area contributed by atoms with Crippen molar-refractivity contribution in [3.63, 3.8) is 0 Å². The van der Waals surface area contributed by atoms with Crippen molar-refractivity contribution in [2.45, 2.75) is 63.3 Å². The Balaban J connectivity index is 1.30. The number of benzene rings is 2. The van der Waals surface area contributed by atoms with Crippen LogP contribution in [0.5, 0.6) is 0 Å². The maximum absolute atomic E-state index is 13.1. The van der Waals surface area contributed by atoms with Crippen molar-refractivity contribution in [1.29, 1.82) is 0 Å². The molecule has 2 atom stereocenters. The number of likely N-dealkylation sites (tertiary alicyclic amines) is 2. The maximum Gasteiger partial charge on any atom is 0.394 e. The van der Waals surface area contributed by atoms with Crippen molar-refractivity contribution in [3.05, 3.63) is 70.4 Å². The van der Waals surface area contributed by atoms with Crippen LogP contribution in [0.2, 0.25) is 0 Å². The molecule has 1 aliphatic carbocycles. The summed E-state index contributed by atoms with van der Waals surface area (Å²) < 4.78 is 39.4. The van der Waals surface area contributed by atoms with Crippen LogP contribution in [-0.4, -0.2) is 57.7 Å². The van der Waals surface area contributed by atoms with Crippen LogP contribution >= 0.6 is 0 Å². The maximum atomic E-state index is 13.1. The summed E-state index contributed by atoms with van der Waals surface area (Å²) in [5.41, 5.74) is 6.44. The van der Waals surface area contributed by atoms with Crippen molar-refractivity contribution >= 4 is 16.9 Å². The number of hydrogen-bond donors (Lipinski definition) is 2. The van der Waals surface area contributed by atoms with Crippen LogP contribution in [-0.2, 0) is 6.54 Å². The summed E-state index contributed by atoms with van der Waals surface area (Å²) in [6, 6.07) is 11.6. The predicted molar refractivity (Wildman–Crippen MR) is 136 cm³/mol. The van der Waals surface area contributed by atoms with Gasteiger partial charge < -0.3 is 10.1 Å². The van der Waals surface area contributed by atoms with Gasteiger partial charge in [-0.1, -0.05) is 18.2 Å². The molecule has 0 amide bonds. The van der Waals surface area contributed by atoms with Gasteiger partial charge in [-0.15, -0.1) is 0 Å². The minimum absolute atomic E-state index is 0.00822. The molecular weight excluding hydrogens is 479 g/mol. The van der Waals surface area contributed by atoms with Gasteiger partial charge in [0.2, 0.25) is 0 Å². The first kappa shape index (κ1) is 24.5. The molecule has 8 heteroatoms. The van der Waals surface area contributed by atoms with Gasteiger partial charge in [0.1, 0.15) is 0 Å². The Morgan fingerprint density at radius 2 is 1.84 bits per heavy atom. The van der Waals surface area contributed by atoms with Crippen molar-refractivity contribution < 1.29 is 23.1 Å². The Kier molecular flexibility index (Phi) is 6.07. The van der Waals surface area contributed by atoms with Crippen LogP contribution in [0.1, 0.15) is 70.3 Å². The molecule has 5 nitrogen and oxygen atoms in total. The molecule has 0 bridgehead atoms. The third kappa shape index (κ3) is 4.66. The summed E-state index contributed by atoms with van der Waals surface area (Å²) in [5, 5.41) is 10.6. The molecule has 0 spiro atoms. The van der Waals surface area contributed by atoms with Crippen LogP contribution in [0.4, 0.5) is 13.2 Å². The van der Waals surface area contributed by atoms with Gasteiger partial charge in [0.15, 0.2) is 0 Å². The molecule has 2 aliphatic heterocycles. The summed E-state index contributed by atoms with van der Waals surface area (Å²) in [4.78, 5) is 19.2. The lowest BCUT2D eigenvalue weighted by atomic mass is 9.86. The van der Waals surface area contributed by atoms with Crippen LogP contribution < -0.4 is 0 Å². The van der Waals surface area contributed by atoms with E-state index in [2.05, 4.69) is 28.9 Å². The van der Waals surface area contributed by atoms with Crippen molar-refractivity contribution in [2.24, 2.45) is 5.92 Å². The van der Waals surface area contributed by atoms with E-state index in [1.807, 2.05) is 23.2 Å². The molecule has 37 heavy (non-hydrogen) atoms. The van der Waals surface area contributed by atoms with Gasteiger partial charge in [-0.25, -0.2) is 4.79 Å². The minimum atomic E-state index is -4.13. The normalized spacial score (nSPS) is 23.9. The van der Waals surface area contributed by atoms with Crippen LogP contribution in [0.15, 0.2) is 42.6 Å². The lowest BCUT2D eigenvalue weighted by molar-refractivity contribution is -0.216. The molecule has 2 N–H and O–H groups in total. The highest BCUT2D eigenvalue weighted by Crippen LogP contribution is 2.46. The molecule has 1 aromatic heterocycles. The zero-order valence-corrected chi connectivity index (χ0v) is 20.9. The Morgan fingerprint density at radius 3 is 2.49 bits per heavy atom. The van der Waals surface area contributed by atoms with Gasteiger partial charge in [-0.2, -0.15) is 13.2 Å². The number of alkyl halides is 3. The van der Waals surface area contributed by atoms with Crippen LogP contribution in [0.25, 0.3) is 10.9 Å². The van der Waals surface area contributed by atoms with Gasteiger partial charge in [-0.05, 0) is 79.0 Å². The number of aryl methyl sites for hydroxylation is 1. The van der Waals surface area contributed by atoms with E-state index in [-0.39, 0.29) is 30.7 Å². The Labute approximate surface area is 214 Å². The van der Waals surface area contributed by atoms with Gasteiger partial charge in [0.25, 0.3) is 0 Å². The van der Waals surface area contributed by atoms with Gasteiger partial charge in [0.05, 0.1) is 11.5 Å². The number of nitrogens with zero attached hydrogens (tertiary/aromatic N) is 2. The number of carboxylic acid groups (broad SMARTS) is 1. The molecule has 0 radical (unpaired) electrons. The van der Waals surface area contributed by atoms with E-state index >= 15 is 0 Å². The molecule has 3 aliphatic rings. The lowest BCUT2D eigenvalue weighted by Crippen LogP contribution is -2.59. The number of aromatic amines is 1. The minimum Gasteiger partial charge on any atom is -0.478 e. The zero-order chi connectivity index (χ0) is 25.9. The zero-order valence-electron chi connectivity index (χ0n) is 20.9. The fourth-order valence-electron chi connectivity index (χ4n) is 6.36. The number of rotatable bonds is 6. The molecule has 1 saturated carbocycles. The van der Waals surface area contributed by atoms with Crippen molar-refractivity contribution in [3.8, 4) is 0 Å². The van der Waals surface area contributed by atoms with E-state index in [0.717, 1.165) is 37.0 Å². The average molecular weight is 512 g/mol. The molecule has 3 aromatic rings. The quantitative estimate of drug-likeness (QED) is 0.411. The highest BCUT2D eigenvalue weighted by molar-refractivity contribution is 5.88. The van der Waals surface area contributed by atoms with Crippen molar-refractivity contribution in [2.75, 3.05) is 19.6 Å². The molecule has 196 valence electrons. The molecule has 3 heterocycles. The monoisotopic (exact) mass is 511 g/mol. The van der Waals surface area contributed by atoms with Gasteiger partial charge >= 0.3 is 12.1 Å². The number of hydrogen-bond acceptors (Lipinski definition) is 3. The number of aromatic nitrogens is 1. The first-order valence-electron chi connectivity index (χ1n) is 13.2. The van der Waals surface area contributed by atoms with E-state index in [4.69, 9.17) is 0 Å². The smallest absolute Gasteiger partial charge is 0.394 e. The highest BCUT2D eigenvalue weighted by Gasteiger charge is 2.49. The second-order valence-electron chi connectivity index (χ2n) is 11.1. The standard InChI is InChI=1S/C29H32F3N3O2/c1-17-12-24(18-2-3-18)25(23-8-10-33-27(17)23)16-34-11-9-22(35-14-21(15-35)29(30,31)32)13-26(34)19-4-6-20(7-5-19)28(36)37/h4-8,10,12,18,21-22,26,33H,2-3,9,11,13-16H2,1H3,(H,36,37)/t22-,26+/m1/s1. The number of H-pyrrole nitrogens is 1. The van der Waals surface area contributed by atoms with E-state index < -0.39 is 18.1 Å². The number of nitrogens with one attached hydrogen (secondary N) is 1. The average Bonchev–Trinajstić information content (AvgIpc) is 3.55. The summed E-state index contributed by atoms with van der Waals surface area (Å²) >= 11 is 0. The van der Waals surface area contributed by atoms with Crippen LogP contribution in [0.3, 0.4) is 0 Å². The van der Waals surface area contributed by atoms with E-state index in [1.54, 1.807) is 12.1 Å². The van der Waals surface area contributed by atoms with Gasteiger partial charge in [0, 0.05) is 55.4 Å². The third-order valence-electron chi connectivity index (χ3n) is 8.68. The van der Waals surface area contributed by atoms with E-state index in [9.17, 15) is 23.1 Å². The Morgan fingerprint density at radius 1 is 1.11 bits per heavy atom. The predicted octanol–water partition coefficient (Wildman–Crippen LogP) is 6.25. The molecule has 3 fully saturated rings. The number of carboxylic acids is 1. The third-order valence-corrected chi connectivity index (χ3v) is 8.68. The van der Waals surface area contributed by atoms with E-state index in [1.165, 1.54) is 34.9 Å². The molecule has 6 rings (SSSR count). The number of carbonyl (C=O) groups is 1. The molecule has 0 unspecified atom stereocenters. The molecular formula is C29H32F3N3O2. The first-order valence-corrected chi connectivity index (χ1v) is 13.2. The summed E-state index contributed by atoms with van der Waals surface area (Å²) in [6.07, 6.45) is 1.84. The SMILES string of the molecule is Cc1cc(C2CC2)c(CN2CC[C@@H](N3CC(C(F)(F)F)C3)C[C@H]2c2ccc(C(=O)O)cc2)c2cc[nH]c12. The Hall–Kier alpha value is -2.84. The fraction of sp³-hybridized carbons (Fsp3) is 0.483. The number of halogens is 3. The number of piperidine rings is 1. The second-order valence-corrected chi connectivity index (χ2v) is 11.1. The molecule has 2 aromatic carbocycles. The van der Waals surface area contributed by atoms with Crippen LogP contribution in [0, 0.1) is 12.8 Å². The highest BCUT2D eigenvalue weighted by atomic mass is 19.4. The summed E-state index contributed by atoms with van der Waals surface area (Å²) in [5.74, 6) is -1.60. The largest absolute Gasteiger partial charge is 0.478 e. The number of aromatic carboxylic acids is 1. The Bertz CT molecular complexity index is 1310. The fourth-order valence-corrected chi connectivity index (χ4v) is 6.36. The van der Waals surface area contributed by atoms with Crippen molar-refractivity contribution in [1.82, 2.24) is 14.8 Å². The van der Waals surface area contributed by atoms with Gasteiger partial charge in [-0.3, -0.25) is 9.80 Å². The first-order chi connectivity index (χ1) is 17.7. The molecule has 2 saturated heterocycles. The summed E-state index contributed by atoms with van der Waals surface area (Å²) in [7, 11) is 0. The second kappa shape index (κ2) is 9.17.